The van der Waals surface area contributed by atoms with E-state index in [0.717, 1.165) is 45.3 Å². The monoisotopic (exact) mass is 444 g/mol. The Morgan fingerprint density at radius 1 is 1.15 bits per heavy atom. The number of nitrogens with one attached hydrogen (secondary N) is 2. The largest absolute Gasteiger partial charge is 0.369 e. The van der Waals surface area contributed by atoms with E-state index >= 15 is 0 Å². The second kappa shape index (κ2) is 8.81. The van der Waals surface area contributed by atoms with Gasteiger partial charge in [0.05, 0.1) is 5.52 Å². The van der Waals surface area contributed by atoms with Crippen molar-refractivity contribution in [3.8, 4) is 11.4 Å². The van der Waals surface area contributed by atoms with Gasteiger partial charge in [-0.25, -0.2) is 9.97 Å². The first-order valence-electron chi connectivity index (χ1n) is 9.06. The average Bonchev–Trinajstić information content (AvgIpc) is 2.68. The summed E-state index contributed by atoms with van der Waals surface area (Å²) in [4.78, 5) is 9.47. The Balaban J connectivity index is 2.01. The SMILES string of the molecule is CCC(=N)C(CC)CNc1nc(-c2ccc(Br)cc2)nc2ccc(Cl)cc12. The molecule has 1 heterocycles. The second-order valence-corrected chi connectivity index (χ2v) is 7.78. The molecule has 2 N–H and O–H groups in total. The maximum Gasteiger partial charge on any atom is 0.162 e. The van der Waals surface area contributed by atoms with Crippen molar-refractivity contribution in [2.45, 2.75) is 26.7 Å². The molecular formula is C21H22BrClN4. The van der Waals surface area contributed by atoms with Crippen LogP contribution < -0.4 is 5.32 Å². The predicted octanol–water partition coefficient (Wildman–Crippen LogP) is 6.58. The summed E-state index contributed by atoms with van der Waals surface area (Å²) in [7, 11) is 0. The molecule has 0 saturated heterocycles. The molecule has 0 spiro atoms. The minimum absolute atomic E-state index is 0.190. The van der Waals surface area contributed by atoms with Crippen LogP contribution in [0.5, 0.6) is 0 Å². The van der Waals surface area contributed by atoms with Crippen molar-refractivity contribution < 1.29 is 0 Å². The molecule has 0 amide bonds. The van der Waals surface area contributed by atoms with Gasteiger partial charge in [-0.2, -0.15) is 0 Å². The Bertz CT molecular complexity index is 956. The molecule has 0 saturated carbocycles. The van der Waals surface area contributed by atoms with Gasteiger partial charge in [-0.05, 0) is 43.2 Å². The number of fused-ring (bicyclic) bond motifs is 1. The van der Waals surface area contributed by atoms with Gasteiger partial charge >= 0.3 is 0 Å². The molecule has 4 nitrogen and oxygen atoms in total. The lowest BCUT2D eigenvalue weighted by atomic mass is 9.98. The van der Waals surface area contributed by atoms with Crippen LogP contribution in [0.4, 0.5) is 5.82 Å². The number of anilines is 1. The van der Waals surface area contributed by atoms with Gasteiger partial charge in [0, 0.05) is 38.6 Å². The maximum absolute atomic E-state index is 8.16. The molecule has 2 aromatic carbocycles. The van der Waals surface area contributed by atoms with Crippen molar-refractivity contribution in [1.29, 1.82) is 5.41 Å². The first-order chi connectivity index (χ1) is 13.0. The van der Waals surface area contributed by atoms with E-state index < -0.39 is 0 Å². The van der Waals surface area contributed by atoms with Gasteiger partial charge in [-0.1, -0.05) is 53.5 Å². The summed E-state index contributed by atoms with van der Waals surface area (Å²) in [5.41, 5.74) is 2.55. The van der Waals surface area contributed by atoms with Crippen LogP contribution in [0.2, 0.25) is 5.02 Å². The number of nitrogens with zero attached hydrogens (tertiary/aromatic N) is 2. The Hall–Kier alpha value is -1.98. The zero-order chi connectivity index (χ0) is 19.4. The van der Waals surface area contributed by atoms with Crippen molar-refractivity contribution >= 4 is 50.0 Å². The van der Waals surface area contributed by atoms with Gasteiger partial charge in [-0.15, -0.1) is 0 Å². The fourth-order valence-corrected chi connectivity index (χ4v) is 3.42. The highest BCUT2D eigenvalue weighted by atomic mass is 79.9. The molecule has 0 aliphatic heterocycles. The Labute approximate surface area is 173 Å². The van der Waals surface area contributed by atoms with E-state index in [1.54, 1.807) is 0 Å². The van der Waals surface area contributed by atoms with Crippen LogP contribution in [-0.2, 0) is 0 Å². The first kappa shape index (κ1) is 19.8. The summed E-state index contributed by atoms with van der Waals surface area (Å²) in [6, 6.07) is 13.6. The molecule has 0 bridgehead atoms. The Kier molecular flexibility index (Phi) is 6.45. The van der Waals surface area contributed by atoms with Crippen LogP contribution in [0.3, 0.4) is 0 Å². The minimum atomic E-state index is 0.190. The normalized spacial score (nSPS) is 12.1. The molecule has 0 aliphatic rings. The summed E-state index contributed by atoms with van der Waals surface area (Å²) in [5, 5.41) is 13.1. The molecule has 3 aromatic rings. The number of rotatable bonds is 7. The van der Waals surface area contributed by atoms with Gasteiger partial charge in [0.15, 0.2) is 5.82 Å². The third-order valence-electron chi connectivity index (χ3n) is 4.64. The van der Waals surface area contributed by atoms with Crippen LogP contribution in [-0.4, -0.2) is 22.2 Å². The maximum atomic E-state index is 8.16. The molecule has 1 aromatic heterocycles. The van der Waals surface area contributed by atoms with Crippen molar-refractivity contribution in [1.82, 2.24) is 9.97 Å². The Morgan fingerprint density at radius 2 is 1.89 bits per heavy atom. The van der Waals surface area contributed by atoms with Crippen molar-refractivity contribution in [3.05, 3.63) is 52.0 Å². The van der Waals surface area contributed by atoms with Crippen molar-refractivity contribution in [3.63, 3.8) is 0 Å². The van der Waals surface area contributed by atoms with Crippen molar-refractivity contribution in [2.24, 2.45) is 5.92 Å². The number of halogens is 2. The molecule has 1 atom stereocenters. The number of hydrogen-bond acceptors (Lipinski definition) is 4. The van der Waals surface area contributed by atoms with E-state index in [0.29, 0.717) is 17.4 Å². The molecule has 0 fully saturated rings. The molecule has 3 rings (SSSR count). The highest BCUT2D eigenvalue weighted by molar-refractivity contribution is 9.10. The molecule has 0 aliphatic carbocycles. The van der Waals surface area contributed by atoms with Gasteiger partial charge in [-0.3, -0.25) is 0 Å². The molecule has 1 unspecified atom stereocenters. The summed E-state index contributed by atoms with van der Waals surface area (Å²) in [6.45, 7) is 4.80. The van der Waals surface area contributed by atoms with Gasteiger partial charge in [0.1, 0.15) is 5.82 Å². The molecule has 140 valence electrons. The topological polar surface area (TPSA) is 61.7 Å². The van der Waals surface area contributed by atoms with E-state index in [1.165, 1.54) is 0 Å². The lowest BCUT2D eigenvalue weighted by Crippen LogP contribution is -2.22. The van der Waals surface area contributed by atoms with E-state index in [4.69, 9.17) is 27.0 Å². The van der Waals surface area contributed by atoms with E-state index in [9.17, 15) is 0 Å². The lowest BCUT2D eigenvalue weighted by Gasteiger charge is -2.18. The van der Waals surface area contributed by atoms with E-state index in [-0.39, 0.29) is 5.92 Å². The van der Waals surface area contributed by atoms with Crippen LogP contribution in [0.1, 0.15) is 26.7 Å². The smallest absolute Gasteiger partial charge is 0.162 e. The zero-order valence-corrected chi connectivity index (χ0v) is 17.7. The van der Waals surface area contributed by atoms with Gasteiger partial charge in [0.2, 0.25) is 0 Å². The fraction of sp³-hybridized carbons (Fsp3) is 0.286. The zero-order valence-electron chi connectivity index (χ0n) is 15.4. The summed E-state index contributed by atoms with van der Waals surface area (Å²) < 4.78 is 1.01. The predicted molar refractivity (Wildman–Crippen MR) is 118 cm³/mol. The molecular weight excluding hydrogens is 424 g/mol. The van der Waals surface area contributed by atoms with Gasteiger partial charge in [0.25, 0.3) is 0 Å². The summed E-state index contributed by atoms with van der Waals surface area (Å²) in [5.74, 6) is 1.61. The average molecular weight is 446 g/mol. The standard InChI is InChI=1S/C21H22BrClN4/c1-3-13(18(24)4-2)12-25-21-17-11-16(23)9-10-19(17)26-20(27-21)14-5-7-15(22)8-6-14/h5-11,13,24H,3-4,12H2,1-2H3,(H,25,26,27). The first-order valence-corrected chi connectivity index (χ1v) is 10.2. The van der Waals surface area contributed by atoms with Crippen molar-refractivity contribution in [2.75, 3.05) is 11.9 Å². The summed E-state index contributed by atoms with van der Waals surface area (Å²) >= 11 is 9.67. The van der Waals surface area contributed by atoms with Crippen LogP contribution in [0, 0.1) is 11.3 Å². The number of aromatic nitrogens is 2. The molecule has 6 heteroatoms. The molecule has 27 heavy (non-hydrogen) atoms. The number of benzene rings is 2. The molecule has 0 radical (unpaired) electrons. The highest BCUT2D eigenvalue weighted by Gasteiger charge is 2.14. The van der Waals surface area contributed by atoms with Crippen LogP contribution in [0.15, 0.2) is 46.9 Å². The quantitative estimate of drug-likeness (QED) is 0.404. The van der Waals surface area contributed by atoms with E-state index in [2.05, 4.69) is 28.2 Å². The Morgan fingerprint density at radius 3 is 2.56 bits per heavy atom. The highest BCUT2D eigenvalue weighted by Crippen LogP contribution is 2.28. The third kappa shape index (κ3) is 4.66. The van der Waals surface area contributed by atoms with E-state index in [1.807, 2.05) is 49.4 Å². The second-order valence-electron chi connectivity index (χ2n) is 6.43. The van der Waals surface area contributed by atoms with Crippen LogP contribution >= 0.6 is 27.5 Å². The van der Waals surface area contributed by atoms with Gasteiger partial charge < -0.3 is 10.7 Å². The minimum Gasteiger partial charge on any atom is -0.369 e. The summed E-state index contributed by atoms with van der Waals surface area (Å²) in [6.07, 6.45) is 1.68. The van der Waals surface area contributed by atoms with Crippen LogP contribution in [0.25, 0.3) is 22.3 Å². The lowest BCUT2D eigenvalue weighted by molar-refractivity contribution is 0.682. The number of hydrogen-bond donors (Lipinski definition) is 2. The fourth-order valence-electron chi connectivity index (χ4n) is 2.99. The third-order valence-corrected chi connectivity index (χ3v) is 5.41.